The van der Waals surface area contributed by atoms with Gasteiger partial charge in [0, 0.05) is 13.1 Å². The van der Waals surface area contributed by atoms with Crippen molar-refractivity contribution in [2.24, 2.45) is 5.73 Å². The molecule has 0 fully saturated rings. The molecule has 0 aromatic heterocycles. The molecule has 2 nitrogen and oxygen atoms in total. The molecule has 0 atom stereocenters. The minimum Gasteiger partial charge on any atom is -0.388 e. The lowest BCUT2D eigenvalue weighted by Crippen LogP contribution is -2.04. The summed E-state index contributed by atoms with van der Waals surface area (Å²) in [6, 6.07) is 0. The highest BCUT2D eigenvalue weighted by molar-refractivity contribution is 4.83. The van der Waals surface area contributed by atoms with E-state index < -0.39 is 0 Å². The molecule has 0 radical (unpaired) electrons. The maximum atomic E-state index is 5.16. The lowest BCUT2D eigenvalue weighted by Gasteiger charge is -1.89. The molecule has 46 valence electrons. The predicted molar refractivity (Wildman–Crippen MR) is 36.4 cm³/mol. The summed E-state index contributed by atoms with van der Waals surface area (Å²) in [6.45, 7) is 4.92. The van der Waals surface area contributed by atoms with Gasteiger partial charge in [-0.05, 0) is 6.20 Å². The Morgan fingerprint density at radius 3 is 2.88 bits per heavy atom. The predicted octanol–water partition coefficient (Wildman–Crippen LogP) is 0.234. The molecule has 0 rings (SSSR count). The Labute approximate surface area is 50.1 Å². The van der Waals surface area contributed by atoms with Gasteiger partial charge in [-0.1, -0.05) is 12.2 Å². The second kappa shape index (κ2) is 6.24. The molecule has 0 aromatic rings. The van der Waals surface area contributed by atoms with Gasteiger partial charge >= 0.3 is 0 Å². The molecule has 0 bridgehead atoms. The Kier molecular flexibility index (Phi) is 5.65. The molecule has 3 N–H and O–H groups in total. The summed E-state index contributed by atoms with van der Waals surface area (Å²) >= 11 is 0. The summed E-state index contributed by atoms with van der Waals surface area (Å²) in [6.07, 6.45) is 5.46. The molecule has 0 aliphatic rings. The van der Waals surface area contributed by atoms with E-state index in [4.69, 9.17) is 5.73 Å². The summed E-state index contributed by atoms with van der Waals surface area (Å²) in [7, 11) is 0. The summed E-state index contributed by atoms with van der Waals surface area (Å²) in [5.74, 6) is 0. The Morgan fingerprint density at radius 1 is 1.62 bits per heavy atom. The molecule has 0 heterocycles. The van der Waals surface area contributed by atoms with Gasteiger partial charge in [-0.2, -0.15) is 0 Å². The van der Waals surface area contributed by atoms with Gasteiger partial charge in [-0.15, -0.1) is 6.58 Å². The summed E-state index contributed by atoms with van der Waals surface area (Å²) in [5.41, 5.74) is 5.16. The lowest BCUT2D eigenvalue weighted by atomic mass is 10.6. The van der Waals surface area contributed by atoms with E-state index in [9.17, 15) is 0 Å². The highest BCUT2D eigenvalue weighted by atomic mass is 14.8. The van der Waals surface area contributed by atoms with Gasteiger partial charge < -0.3 is 11.1 Å². The number of hydrogen-bond donors (Lipinski definition) is 2. The van der Waals surface area contributed by atoms with Crippen molar-refractivity contribution in [2.45, 2.75) is 0 Å². The van der Waals surface area contributed by atoms with Crippen LogP contribution >= 0.6 is 0 Å². The first-order valence-electron chi connectivity index (χ1n) is 2.61. The van der Waals surface area contributed by atoms with Gasteiger partial charge in [-0.25, -0.2) is 0 Å². The van der Waals surface area contributed by atoms with Gasteiger partial charge in [0.1, 0.15) is 0 Å². The molecular weight excluding hydrogens is 100 g/mol. The summed E-state index contributed by atoms with van der Waals surface area (Å²) in [5, 5.41) is 2.96. The Hall–Kier alpha value is -0.760. The molecule has 0 unspecified atom stereocenters. The zero-order chi connectivity index (χ0) is 6.24. The highest BCUT2D eigenvalue weighted by Crippen LogP contribution is 1.62. The van der Waals surface area contributed by atoms with Crippen LogP contribution in [0.1, 0.15) is 0 Å². The van der Waals surface area contributed by atoms with Crippen molar-refractivity contribution in [3.63, 3.8) is 0 Å². The first kappa shape index (κ1) is 7.24. The second-order valence-corrected chi connectivity index (χ2v) is 1.33. The van der Waals surface area contributed by atoms with Crippen LogP contribution in [-0.2, 0) is 0 Å². The average Bonchev–Trinajstić information content (AvgIpc) is 1.81. The van der Waals surface area contributed by atoms with Crippen molar-refractivity contribution < 1.29 is 0 Å². The first-order valence-corrected chi connectivity index (χ1v) is 2.61. The first-order chi connectivity index (χ1) is 3.91. The van der Waals surface area contributed by atoms with Crippen molar-refractivity contribution in [3.8, 4) is 0 Å². The molecule has 0 aliphatic carbocycles. The van der Waals surface area contributed by atoms with Crippen molar-refractivity contribution in [1.82, 2.24) is 5.32 Å². The van der Waals surface area contributed by atoms with E-state index in [0.717, 1.165) is 6.54 Å². The van der Waals surface area contributed by atoms with Gasteiger partial charge in [0.15, 0.2) is 0 Å². The average molecular weight is 112 g/mol. The van der Waals surface area contributed by atoms with Crippen molar-refractivity contribution in [1.29, 1.82) is 0 Å². The van der Waals surface area contributed by atoms with Crippen LogP contribution in [0, 0.1) is 0 Å². The Bertz CT molecular complexity index is 76.6. The van der Waals surface area contributed by atoms with Crippen molar-refractivity contribution in [2.75, 3.05) is 13.1 Å². The van der Waals surface area contributed by atoms with Crippen LogP contribution in [0.25, 0.3) is 0 Å². The number of nitrogens with two attached hydrogens (primary N) is 1. The van der Waals surface area contributed by atoms with E-state index in [0.29, 0.717) is 6.54 Å². The smallest absolute Gasteiger partial charge is 0.0322 e. The number of nitrogens with one attached hydrogen (secondary N) is 1. The SMILES string of the molecule is C=CCNC=CCN. The third-order valence-corrected chi connectivity index (χ3v) is 0.634. The normalized spacial score (nSPS) is 9.62. The molecule has 8 heavy (non-hydrogen) atoms. The molecule has 0 aromatic carbocycles. The lowest BCUT2D eigenvalue weighted by molar-refractivity contribution is 0.979. The van der Waals surface area contributed by atoms with Crippen LogP contribution in [0.2, 0.25) is 0 Å². The largest absolute Gasteiger partial charge is 0.388 e. The minimum absolute atomic E-state index is 0.587. The van der Waals surface area contributed by atoms with E-state index in [1.807, 2.05) is 12.3 Å². The van der Waals surface area contributed by atoms with E-state index in [1.165, 1.54) is 0 Å². The van der Waals surface area contributed by atoms with Gasteiger partial charge in [0.25, 0.3) is 0 Å². The fourth-order valence-electron chi connectivity index (χ4n) is 0.303. The molecule has 0 spiro atoms. The maximum Gasteiger partial charge on any atom is 0.0322 e. The third kappa shape index (κ3) is 5.24. The van der Waals surface area contributed by atoms with Crippen molar-refractivity contribution in [3.05, 3.63) is 24.9 Å². The van der Waals surface area contributed by atoms with Crippen LogP contribution in [0.4, 0.5) is 0 Å². The van der Waals surface area contributed by atoms with Gasteiger partial charge in [-0.3, -0.25) is 0 Å². The van der Waals surface area contributed by atoms with Gasteiger partial charge in [0.05, 0.1) is 0 Å². The van der Waals surface area contributed by atoms with E-state index in [-0.39, 0.29) is 0 Å². The fourth-order valence-corrected chi connectivity index (χ4v) is 0.303. The quantitative estimate of drug-likeness (QED) is 0.403. The molecule has 0 saturated carbocycles. The summed E-state index contributed by atoms with van der Waals surface area (Å²) in [4.78, 5) is 0. The monoisotopic (exact) mass is 112 g/mol. The zero-order valence-electron chi connectivity index (χ0n) is 4.93. The second-order valence-electron chi connectivity index (χ2n) is 1.33. The summed E-state index contributed by atoms with van der Waals surface area (Å²) < 4.78 is 0. The highest BCUT2D eigenvalue weighted by Gasteiger charge is 1.65. The third-order valence-electron chi connectivity index (χ3n) is 0.634. The number of hydrogen-bond acceptors (Lipinski definition) is 2. The standard InChI is InChI=1S/C6H12N2/c1-2-5-8-6-3-4-7/h2-3,6,8H,1,4-5,7H2. The molecule has 2 heteroatoms. The van der Waals surface area contributed by atoms with E-state index >= 15 is 0 Å². The maximum absolute atomic E-state index is 5.16. The molecular formula is C6H12N2. The van der Waals surface area contributed by atoms with Crippen LogP contribution < -0.4 is 11.1 Å². The van der Waals surface area contributed by atoms with Crippen LogP contribution in [0.5, 0.6) is 0 Å². The molecule has 0 saturated heterocycles. The fraction of sp³-hybridized carbons (Fsp3) is 0.333. The molecule has 0 amide bonds. The zero-order valence-corrected chi connectivity index (χ0v) is 4.93. The molecule has 0 aliphatic heterocycles. The number of rotatable bonds is 4. The topological polar surface area (TPSA) is 38.0 Å². The van der Waals surface area contributed by atoms with Crippen LogP contribution in [-0.4, -0.2) is 13.1 Å². The van der Waals surface area contributed by atoms with Crippen molar-refractivity contribution >= 4 is 0 Å². The van der Waals surface area contributed by atoms with E-state index in [2.05, 4.69) is 11.9 Å². The Morgan fingerprint density at radius 2 is 2.38 bits per heavy atom. The minimum atomic E-state index is 0.587. The van der Waals surface area contributed by atoms with Crippen LogP contribution in [0.3, 0.4) is 0 Å². The van der Waals surface area contributed by atoms with Gasteiger partial charge in [0.2, 0.25) is 0 Å². The van der Waals surface area contributed by atoms with Crippen LogP contribution in [0.15, 0.2) is 24.9 Å². The Balaban J connectivity index is 2.90. The van der Waals surface area contributed by atoms with E-state index in [1.54, 1.807) is 6.08 Å².